The second-order valence-electron chi connectivity index (χ2n) is 4.08. The van der Waals surface area contributed by atoms with Gasteiger partial charge in [0.2, 0.25) is 0 Å². The topological polar surface area (TPSA) is 42.7 Å². The molecule has 4 nitrogen and oxygen atoms in total. The lowest BCUT2D eigenvalue weighted by molar-refractivity contribution is -0.141. The Bertz CT molecular complexity index is 531. The molecule has 2 rings (SSSR count). The summed E-state index contributed by atoms with van der Waals surface area (Å²) in [6, 6.07) is 4.62. The molecule has 0 atom stereocenters. The first-order valence-electron chi connectivity index (χ1n) is 5.68. The molecule has 0 saturated carbocycles. The van der Waals surface area contributed by atoms with Gasteiger partial charge in [-0.15, -0.1) is 0 Å². The number of alkyl halides is 3. The van der Waals surface area contributed by atoms with Crippen LogP contribution < -0.4 is 5.32 Å². The van der Waals surface area contributed by atoms with Crippen LogP contribution in [-0.2, 0) is 19.3 Å². The molecular formula is C12H13F3N4. The second-order valence-corrected chi connectivity index (χ2v) is 4.08. The molecule has 0 unspecified atom stereocenters. The van der Waals surface area contributed by atoms with E-state index in [1.807, 2.05) is 13.1 Å². The standard InChI is InChI=1S/C12H13F3N4/c1-16-6-9-2-3-10(17-7-9)8-19-5-4-11(18-19)12(13,14)15/h2-5,7,16H,6,8H2,1H3. The number of halogens is 3. The Kier molecular flexibility index (Phi) is 3.84. The van der Waals surface area contributed by atoms with Gasteiger partial charge in [-0.05, 0) is 24.7 Å². The van der Waals surface area contributed by atoms with E-state index >= 15 is 0 Å². The summed E-state index contributed by atoms with van der Waals surface area (Å²) >= 11 is 0. The van der Waals surface area contributed by atoms with Crippen molar-refractivity contribution in [3.05, 3.63) is 47.5 Å². The van der Waals surface area contributed by atoms with E-state index in [0.717, 1.165) is 11.6 Å². The molecule has 0 aliphatic rings. The molecule has 0 spiro atoms. The SMILES string of the molecule is CNCc1ccc(Cn2ccc(C(F)(F)F)n2)nc1. The van der Waals surface area contributed by atoms with Crippen molar-refractivity contribution < 1.29 is 13.2 Å². The Morgan fingerprint density at radius 3 is 2.58 bits per heavy atom. The van der Waals surface area contributed by atoms with Crippen molar-refractivity contribution in [2.75, 3.05) is 7.05 Å². The minimum atomic E-state index is -4.41. The lowest BCUT2D eigenvalue weighted by atomic mass is 10.2. The number of nitrogens with one attached hydrogen (secondary N) is 1. The zero-order chi connectivity index (χ0) is 13.9. The minimum absolute atomic E-state index is 0.218. The third kappa shape index (κ3) is 3.54. The summed E-state index contributed by atoms with van der Waals surface area (Å²) in [5.41, 5.74) is 0.790. The first-order valence-corrected chi connectivity index (χ1v) is 5.68. The van der Waals surface area contributed by atoms with Crippen molar-refractivity contribution in [2.24, 2.45) is 0 Å². The maximum Gasteiger partial charge on any atom is 0.435 e. The van der Waals surface area contributed by atoms with Crippen LogP contribution in [0.4, 0.5) is 13.2 Å². The molecule has 0 aromatic carbocycles. The molecule has 0 saturated heterocycles. The molecule has 0 amide bonds. The predicted octanol–water partition coefficient (Wildman–Crippen LogP) is 2.06. The summed E-state index contributed by atoms with van der Waals surface area (Å²) in [6.07, 6.45) is -1.42. The van der Waals surface area contributed by atoms with Crippen LogP contribution in [-0.4, -0.2) is 21.8 Å². The Morgan fingerprint density at radius 1 is 1.26 bits per heavy atom. The van der Waals surface area contributed by atoms with Crippen LogP contribution in [0.25, 0.3) is 0 Å². The average molecular weight is 270 g/mol. The summed E-state index contributed by atoms with van der Waals surface area (Å²) in [5.74, 6) is 0. The third-order valence-corrected chi connectivity index (χ3v) is 2.52. The summed E-state index contributed by atoms with van der Waals surface area (Å²) in [4.78, 5) is 4.18. The molecule has 0 fully saturated rings. The van der Waals surface area contributed by atoms with Crippen LogP contribution in [0.15, 0.2) is 30.6 Å². The first-order chi connectivity index (χ1) is 8.99. The molecule has 2 aromatic heterocycles. The van der Waals surface area contributed by atoms with E-state index < -0.39 is 11.9 Å². The number of hydrogen-bond donors (Lipinski definition) is 1. The number of aromatic nitrogens is 3. The first kappa shape index (κ1) is 13.5. The number of nitrogens with zero attached hydrogens (tertiary/aromatic N) is 3. The van der Waals surface area contributed by atoms with Gasteiger partial charge in [-0.2, -0.15) is 18.3 Å². The smallest absolute Gasteiger partial charge is 0.316 e. The van der Waals surface area contributed by atoms with E-state index in [1.54, 1.807) is 12.3 Å². The van der Waals surface area contributed by atoms with Gasteiger partial charge in [0.15, 0.2) is 5.69 Å². The highest BCUT2D eigenvalue weighted by Crippen LogP contribution is 2.27. The van der Waals surface area contributed by atoms with Crippen LogP contribution in [0.2, 0.25) is 0 Å². The number of rotatable bonds is 4. The zero-order valence-electron chi connectivity index (χ0n) is 10.3. The van der Waals surface area contributed by atoms with Crippen molar-refractivity contribution in [3.63, 3.8) is 0 Å². The van der Waals surface area contributed by atoms with Crippen molar-refractivity contribution in [3.8, 4) is 0 Å². The maximum atomic E-state index is 12.4. The average Bonchev–Trinajstić information content (AvgIpc) is 2.80. The molecule has 0 aliphatic carbocycles. The van der Waals surface area contributed by atoms with Gasteiger partial charge in [0.1, 0.15) is 0 Å². The third-order valence-electron chi connectivity index (χ3n) is 2.52. The lowest BCUT2D eigenvalue weighted by Gasteiger charge is -2.04. The molecule has 102 valence electrons. The lowest BCUT2D eigenvalue weighted by Crippen LogP contribution is -2.09. The Hall–Kier alpha value is -1.89. The maximum absolute atomic E-state index is 12.4. The van der Waals surface area contributed by atoms with Gasteiger partial charge in [-0.25, -0.2) is 0 Å². The normalized spacial score (nSPS) is 11.8. The molecule has 0 radical (unpaired) electrons. The molecule has 19 heavy (non-hydrogen) atoms. The fourth-order valence-corrected chi connectivity index (χ4v) is 1.62. The quantitative estimate of drug-likeness (QED) is 0.924. The highest BCUT2D eigenvalue weighted by atomic mass is 19.4. The van der Waals surface area contributed by atoms with Crippen LogP contribution >= 0.6 is 0 Å². The van der Waals surface area contributed by atoms with Gasteiger partial charge >= 0.3 is 6.18 Å². The van der Waals surface area contributed by atoms with E-state index in [4.69, 9.17) is 0 Å². The van der Waals surface area contributed by atoms with Gasteiger partial charge < -0.3 is 5.32 Å². The number of hydrogen-bond acceptors (Lipinski definition) is 3. The van der Waals surface area contributed by atoms with E-state index in [-0.39, 0.29) is 6.54 Å². The van der Waals surface area contributed by atoms with E-state index in [0.29, 0.717) is 12.2 Å². The second kappa shape index (κ2) is 5.40. The fourth-order valence-electron chi connectivity index (χ4n) is 1.62. The molecular weight excluding hydrogens is 257 g/mol. The van der Waals surface area contributed by atoms with E-state index in [9.17, 15) is 13.2 Å². The van der Waals surface area contributed by atoms with Gasteiger partial charge in [0, 0.05) is 18.9 Å². The summed E-state index contributed by atoms with van der Waals surface area (Å²) in [5, 5.41) is 6.47. The fraction of sp³-hybridized carbons (Fsp3) is 0.333. The van der Waals surface area contributed by atoms with E-state index in [2.05, 4.69) is 15.4 Å². The summed E-state index contributed by atoms with van der Waals surface area (Å²) in [6.45, 7) is 0.920. The summed E-state index contributed by atoms with van der Waals surface area (Å²) < 4.78 is 38.4. The number of pyridine rings is 1. The van der Waals surface area contributed by atoms with Crippen LogP contribution in [0.5, 0.6) is 0 Å². The molecule has 0 bridgehead atoms. The van der Waals surface area contributed by atoms with Crippen LogP contribution in [0, 0.1) is 0 Å². The van der Waals surface area contributed by atoms with Gasteiger partial charge in [0.25, 0.3) is 0 Å². The van der Waals surface area contributed by atoms with Crippen molar-refractivity contribution in [1.29, 1.82) is 0 Å². The molecule has 2 aromatic rings. The van der Waals surface area contributed by atoms with Crippen molar-refractivity contribution in [1.82, 2.24) is 20.1 Å². The van der Waals surface area contributed by atoms with Crippen LogP contribution in [0.1, 0.15) is 17.0 Å². The molecule has 0 aliphatic heterocycles. The largest absolute Gasteiger partial charge is 0.435 e. The van der Waals surface area contributed by atoms with Crippen molar-refractivity contribution >= 4 is 0 Å². The van der Waals surface area contributed by atoms with Gasteiger partial charge in [-0.1, -0.05) is 6.07 Å². The highest BCUT2D eigenvalue weighted by Gasteiger charge is 2.33. The van der Waals surface area contributed by atoms with Crippen molar-refractivity contribution in [2.45, 2.75) is 19.3 Å². The van der Waals surface area contributed by atoms with E-state index in [1.165, 1.54) is 10.9 Å². The Morgan fingerprint density at radius 2 is 2.05 bits per heavy atom. The summed E-state index contributed by atoms with van der Waals surface area (Å²) in [7, 11) is 1.83. The monoisotopic (exact) mass is 270 g/mol. The predicted molar refractivity (Wildman–Crippen MR) is 63.3 cm³/mol. The van der Waals surface area contributed by atoms with Crippen LogP contribution in [0.3, 0.4) is 0 Å². The Balaban J connectivity index is 2.06. The zero-order valence-corrected chi connectivity index (χ0v) is 10.3. The van der Waals surface area contributed by atoms with Gasteiger partial charge in [-0.3, -0.25) is 9.67 Å². The minimum Gasteiger partial charge on any atom is -0.316 e. The molecule has 1 N–H and O–H groups in total. The molecule has 7 heteroatoms. The Labute approximate surface area is 108 Å². The van der Waals surface area contributed by atoms with Gasteiger partial charge in [0.05, 0.1) is 12.2 Å². The molecule has 2 heterocycles. The highest BCUT2D eigenvalue weighted by molar-refractivity contribution is 5.14.